The number of carboxylic acid groups (broad SMARTS) is 1. The van der Waals surface area contributed by atoms with Gasteiger partial charge in [0.15, 0.2) is 0 Å². The molecule has 0 spiro atoms. The predicted octanol–water partition coefficient (Wildman–Crippen LogP) is -3.21. The van der Waals surface area contributed by atoms with E-state index in [0.29, 0.717) is 22.6 Å². The quantitative estimate of drug-likeness (QED) is 0.194. The number of methoxy groups -OCH3 is 1. The second kappa shape index (κ2) is 11.8. The number of carboxylic acids is 1. The second-order valence-corrected chi connectivity index (χ2v) is 9.22. The molecule has 13 heteroatoms. The van der Waals surface area contributed by atoms with Crippen LogP contribution in [-0.4, -0.2) is 48.9 Å². The number of amides is 2. The van der Waals surface area contributed by atoms with Gasteiger partial charge < -0.3 is 20.0 Å². The van der Waals surface area contributed by atoms with Crippen LogP contribution in [0, 0.1) is 0 Å². The normalized spacial score (nSPS) is 15.4. The number of carbonyl (C=O) groups is 3. The van der Waals surface area contributed by atoms with Gasteiger partial charge in [-0.2, -0.15) is 4.31 Å². The van der Waals surface area contributed by atoms with E-state index in [2.05, 4.69) is 5.32 Å². The number of anilines is 1. The number of hydrogen-bond acceptors (Lipinski definition) is 8. The molecule has 0 radical (unpaired) electrons. The van der Waals surface area contributed by atoms with Crippen LogP contribution in [0.2, 0.25) is 0 Å². The van der Waals surface area contributed by atoms with Gasteiger partial charge in [0, 0.05) is 24.6 Å². The maximum absolute atomic E-state index is 13.3. The summed E-state index contributed by atoms with van der Waals surface area (Å²) in [7, 11) is -2.70. The zero-order valence-electron chi connectivity index (χ0n) is 18.6. The molecule has 3 rings (SSSR count). The molecule has 0 aromatic heterocycles. The Labute approximate surface area is 218 Å². The summed E-state index contributed by atoms with van der Waals surface area (Å²) in [5, 5.41) is 22.2. The van der Waals surface area contributed by atoms with Crippen LogP contribution in [0.15, 0.2) is 47.4 Å². The molecular formula is C21H22N3NaO8S. The summed E-state index contributed by atoms with van der Waals surface area (Å²) in [4.78, 5) is 34.7. The minimum atomic E-state index is -4.14. The molecule has 1 atom stereocenters. The van der Waals surface area contributed by atoms with Crippen molar-refractivity contribution in [3.05, 3.63) is 53.6 Å². The summed E-state index contributed by atoms with van der Waals surface area (Å²) in [5.74, 6) is -2.29. The van der Waals surface area contributed by atoms with E-state index in [-0.39, 0.29) is 53.8 Å². The first-order valence-corrected chi connectivity index (χ1v) is 11.3. The number of benzene rings is 2. The molecule has 1 aliphatic rings. The van der Waals surface area contributed by atoms with Gasteiger partial charge in [-0.3, -0.25) is 14.8 Å². The van der Waals surface area contributed by atoms with Crippen LogP contribution >= 0.6 is 0 Å². The van der Waals surface area contributed by atoms with E-state index in [1.165, 1.54) is 36.9 Å². The van der Waals surface area contributed by atoms with Crippen LogP contribution in [0.3, 0.4) is 0 Å². The third-order valence-corrected chi connectivity index (χ3v) is 7.08. The van der Waals surface area contributed by atoms with Gasteiger partial charge in [0.1, 0.15) is 11.8 Å². The second-order valence-electron chi connectivity index (χ2n) is 7.33. The van der Waals surface area contributed by atoms with E-state index in [1.54, 1.807) is 18.2 Å². The first-order chi connectivity index (χ1) is 15.6. The Morgan fingerprint density at radius 2 is 1.79 bits per heavy atom. The zero-order chi connectivity index (χ0) is 24.2. The molecule has 0 saturated heterocycles. The largest absolute Gasteiger partial charge is 1.00 e. The Morgan fingerprint density at radius 3 is 2.38 bits per heavy atom. The van der Waals surface area contributed by atoms with Gasteiger partial charge in [-0.15, -0.1) is 0 Å². The van der Waals surface area contributed by atoms with Crippen molar-refractivity contribution in [1.29, 1.82) is 0 Å². The summed E-state index contributed by atoms with van der Waals surface area (Å²) in [5.41, 5.74) is 3.09. The SMILES string of the molecule is COc1ccc(S(=O)(=O)N2Cc3cc(NC(=O)CCC(=O)[O-])ccc3C[C@@H]2C(=O)NO)cc1.[Na+]. The zero-order valence-corrected chi connectivity index (χ0v) is 21.4. The number of nitrogens with zero attached hydrogens (tertiary/aromatic N) is 1. The van der Waals surface area contributed by atoms with Gasteiger partial charge in [-0.05, 0) is 60.4 Å². The van der Waals surface area contributed by atoms with Gasteiger partial charge in [0.2, 0.25) is 15.9 Å². The number of hydrogen-bond donors (Lipinski definition) is 3. The van der Waals surface area contributed by atoms with E-state index >= 15 is 0 Å². The smallest absolute Gasteiger partial charge is 0.550 e. The van der Waals surface area contributed by atoms with E-state index in [1.807, 2.05) is 0 Å². The first kappa shape index (κ1) is 27.8. The fourth-order valence-electron chi connectivity index (χ4n) is 3.51. The standard InChI is InChI=1S/C21H23N3O8S.Na/c1-32-16-4-6-17(7-5-16)33(30,31)24-12-14-10-15(22-19(25)8-9-20(26)27)3-2-13(14)11-18(24)21(28)23-29;/h2-7,10,18,29H,8-9,11-12H2,1H3,(H,22,25)(H,23,28)(H,26,27);/q;+1/p-1/t18-;/m1./s1. The number of rotatable bonds is 8. The van der Waals surface area contributed by atoms with Gasteiger partial charge in [0.25, 0.3) is 5.91 Å². The van der Waals surface area contributed by atoms with Crippen LogP contribution in [-0.2, 0) is 37.4 Å². The molecule has 0 saturated carbocycles. The minimum absolute atomic E-state index is 0. The van der Waals surface area contributed by atoms with Crippen LogP contribution in [0.25, 0.3) is 0 Å². The van der Waals surface area contributed by atoms with Crippen molar-refractivity contribution < 1.29 is 67.4 Å². The number of ether oxygens (including phenoxy) is 1. The number of carbonyl (C=O) groups excluding carboxylic acids is 3. The Balaban J connectivity index is 0.00000408. The number of hydroxylamine groups is 1. The predicted molar refractivity (Wildman–Crippen MR) is 112 cm³/mol. The van der Waals surface area contributed by atoms with Crippen molar-refractivity contribution in [2.24, 2.45) is 0 Å². The Kier molecular flexibility index (Phi) is 9.62. The summed E-state index contributed by atoms with van der Waals surface area (Å²) >= 11 is 0. The van der Waals surface area contributed by atoms with Crippen molar-refractivity contribution in [1.82, 2.24) is 9.79 Å². The molecular weight excluding hydrogens is 477 g/mol. The molecule has 2 aromatic carbocycles. The van der Waals surface area contributed by atoms with Crippen LogP contribution < -0.4 is 50.2 Å². The molecule has 0 fully saturated rings. The van der Waals surface area contributed by atoms with Crippen molar-refractivity contribution in [3.8, 4) is 5.75 Å². The van der Waals surface area contributed by atoms with Crippen molar-refractivity contribution >= 4 is 33.5 Å². The Hall–Kier alpha value is -2.48. The Bertz CT molecular complexity index is 1170. The summed E-state index contributed by atoms with van der Waals surface area (Å²) in [6.45, 7) is -0.190. The van der Waals surface area contributed by atoms with E-state index in [0.717, 1.165) is 4.31 Å². The van der Waals surface area contributed by atoms with Crippen LogP contribution in [0.1, 0.15) is 24.0 Å². The molecule has 11 nitrogen and oxygen atoms in total. The topological polar surface area (TPSA) is 165 Å². The summed E-state index contributed by atoms with van der Waals surface area (Å²) < 4.78 is 32.7. The van der Waals surface area contributed by atoms with E-state index < -0.39 is 40.3 Å². The number of fused-ring (bicyclic) bond motifs is 1. The molecule has 2 amide bonds. The van der Waals surface area contributed by atoms with Crippen molar-refractivity contribution in [2.75, 3.05) is 12.4 Å². The van der Waals surface area contributed by atoms with Crippen molar-refractivity contribution in [2.45, 2.75) is 36.7 Å². The monoisotopic (exact) mass is 499 g/mol. The molecule has 34 heavy (non-hydrogen) atoms. The first-order valence-electron chi connectivity index (χ1n) is 9.87. The van der Waals surface area contributed by atoms with Crippen LogP contribution in [0.4, 0.5) is 5.69 Å². The molecule has 0 unspecified atom stereocenters. The minimum Gasteiger partial charge on any atom is -0.550 e. The van der Waals surface area contributed by atoms with Crippen molar-refractivity contribution in [3.63, 3.8) is 0 Å². The Morgan fingerprint density at radius 1 is 1.12 bits per heavy atom. The summed E-state index contributed by atoms with van der Waals surface area (Å²) in [6.07, 6.45) is -0.700. The fourth-order valence-corrected chi connectivity index (χ4v) is 5.08. The molecule has 3 N–H and O–H groups in total. The number of sulfonamides is 1. The van der Waals surface area contributed by atoms with Gasteiger partial charge in [0.05, 0.1) is 12.0 Å². The van der Waals surface area contributed by atoms with Gasteiger partial charge in [-0.25, -0.2) is 13.9 Å². The third kappa shape index (κ3) is 6.34. The molecule has 2 aromatic rings. The molecule has 176 valence electrons. The number of nitrogens with one attached hydrogen (secondary N) is 2. The fraction of sp³-hybridized carbons (Fsp3) is 0.286. The average Bonchev–Trinajstić information content (AvgIpc) is 2.81. The van der Waals surface area contributed by atoms with Crippen LogP contribution in [0.5, 0.6) is 5.75 Å². The molecule has 0 aliphatic carbocycles. The van der Waals surface area contributed by atoms with E-state index in [4.69, 9.17) is 9.94 Å². The van der Waals surface area contributed by atoms with E-state index in [9.17, 15) is 27.9 Å². The van der Waals surface area contributed by atoms with Gasteiger partial charge >= 0.3 is 29.6 Å². The maximum atomic E-state index is 13.3. The molecule has 1 aliphatic heterocycles. The average molecular weight is 499 g/mol. The molecule has 1 heterocycles. The third-order valence-electron chi connectivity index (χ3n) is 5.21. The summed E-state index contributed by atoms with van der Waals surface area (Å²) in [6, 6.07) is 9.24. The number of aliphatic carboxylic acids is 1. The molecule has 0 bridgehead atoms. The van der Waals surface area contributed by atoms with Gasteiger partial charge in [-0.1, -0.05) is 6.07 Å². The maximum Gasteiger partial charge on any atom is 1.00 e.